The summed E-state index contributed by atoms with van der Waals surface area (Å²) in [6.45, 7) is 7.44. The highest BCUT2D eigenvalue weighted by Crippen LogP contribution is 1.94. The second kappa shape index (κ2) is 4.79. The summed E-state index contributed by atoms with van der Waals surface area (Å²) in [6, 6.07) is 0. The van der Waals surface area contributed by atoms with E-state index in [2.05, 4.69) is 11.6 Å². The molecule has 0 aromatic heterocycles. The van der Waals surface area contributed by atoms with Crippen LogP contribution in [0.4, 0.5) is 0 Å². The van der Waals surface area contributed by atoms with Gasteiger partial charge in [-0.15, -0.1) is 0 Å². The summed E-state index contributed by atoms with van der Waals surface area (Å²) >= 11 is 0. The molecule has 0 atom stereocenters. The molecular formula is C8H13NO. The molecule has 0 rings (SSSR count). The Morgan fingerprint density at radius 3 is 2.50 bits per heavy atom. The molecule has 0 unspecified atom stereocenters. The first-order valence-electron chi connectivity index (χ1n) is 3.11. The summed E-state index contributed by atoms with van der Waals surface area (Å²) in [7, 11) is 1.58. The van der Waals surface area contributed by atoms with Crippen molar-refractivity contribution in [2.75, 3.05) is 7.11 Å². The van der Waals surface area contributed by atoms with Crippen LogP contribution in [0.15, 0.2) is 29.4 Å². The van der Waals surface area contributed by atoms with Gasteiger partial charge >= 0.3 is 0 Å². The zero-order valence-electron chi connectivity index (χ0n) is 6.72. The molecule has 0 aliphatic carbocycles. The first-order valence-corrected chi connectivity index (χ1v) is 3.11. The zero-order valence-corrected chi connectivity index (χ0v) is 6.72. The number of aliphatic imine (C=N–C) groups is 1. The zero-order chi connectivity index (χ0) is 7.98. The number of hydrogen-bond acceptors (Lipinski definition) is 2. The lowest BCUT2D eigenvalue weighted by atomic mass is 10.3. The summed E-state index contributed by atoms with van der Waals surface area (Å²) in [4.78, 5) is 3.97. The molecule has 0 amide bonds. The van der Waals surface area contributed by atoms with E-state index in [9.17, 15) is 0 Å². The number of allylic oxidation sites excluding steroid dienone is 1. The van der Waals surface area contributed by atoms with Crippen molar-refractivity contribution in [1.82, 2.24) is 0 Å². The van der Waals surface area contributed by atoms with Crippen molar-refractivity contribution in [1.29, 1.82) is 0 Å². The molecule has 56 valence electrons. The van der Waals surface area contributed by atoms with Gasteiger partial charge < -0.3 is 4.74 Å². The van der Waals surface area contributed by atoms with Crippen molar-refractivity contribution in [3.63, 3.8) is 0 Å². The molecule has 0 fully saturated rings. The largest absolute Gasteiger partial charge is 0.481 e. The monoisotopic (exact) mass is 139 g/mol. The van der Waals surface area contributed by atoms with E-state index in [0.717, 1.165) is 5.57 Å². The second-order valence-electron chi connectivity index (χ2n) is 1.90. The smallest absolute Gasteiger partial charge is 0.215 e. The van der Waals surface area contributed by atoms with Crippen LogP contribution >= 0.6 is 0 Å². The molecule has 2 nitrogen and oxygen atoms in total. The molecule has 0 saturated heterocycles. The van der Waals surface area contributed by atoms with E-state index in [4.69, 9.17) is 4.74 Å². The summed E-state index contributed by atoms with van der Waals surface area (Å²) < 4.78 is 4.91. The maximum absolute atomic E-state index is 4.91. The fourth-order valence-corrected chi connectivity index (χ4v) is 0.479. The van der Waals surface area contributed by atoms with Crippen molar-refractivity contribution in [2.45, 2.75) is 13.8 Å². The van der Waals surface area contributed by atoms with Gasteiger partial charge in [0.05, 0.1) is 7.11 Å². The van der Waals surface area contributed by atoms with E-state index in [1.807, 2.05) is 19.9 Å². The molecule has 0 bridgehead atoms. The average molecular weight is 139 g/mol. The van der Waals surface area contributed by atoms with Crippen LogP contribution in [0.1, 0.15) is 13.8 Å². The van der Waals surface area contributed by atoms with Crippen molar-refractivity contribution in [3.8, 4) is 0 Å². The summed E-state index contributed by atoms with van der Waals surface area (Å²) in [6.07, 6.45) is 3.51. The normalized spacial score (nSPS) is 12.1. The van der Waals surface area contributed by atoms with Crippen LogP contribution in [0.25, 0.3) is 0 Å². The van der Waals surface area contributed by atoms with Crippen LogP contribution in [-0.2, 0) is 4.74 Å². The van der Waals surface area contributed by atoms with E-state index < -0.39 is 0 Å². The molecule has 0 N–H and O–H groups in total. The van der Waals surface area contributed by atoms with Crippen molar-refractivity contribution < 1.29 is 4.74 Å². The van der Waals surface area contributed by atoms with Crippen LogP contribution in [0.5, 0.6) is 0 Å². The summed E-state index contributed by atoms with van der Waals surface area (Å²) in [5.41, 5.74) is 0.834. The van der Waals surface area contributed by atoms with E-state index in [1.165, 1.54) is 0 Å². The Kier molecular flexibility index (Phi) is 4.29. The molecule has 0 radical (unpaired) electrons. The van der Waals surface area contributed by atoms with Crippen LogP contribution in [0.3, 0.4) is 0 Å². The molecule has 0 saturated carbocycles. The first kappa shape index (κ1) is 8.95. The Labute approximate surface area is 61.9 Å². The second-order valence-corrected chi connectivity index (χ2v) is 1.90. The van der Waals surface area contributed by atoms with E-state index >= 15 is 0 Å². The van der Waals surface area contributed by atoms with Crippen LogP contribution in [-0.4, -0.2) is 13.0 Å². The number of rotatable bonds is 2. The molecule has 0 aromatic carbocycles. The lowest BCUT2D eigenvalue weighted by Gasteiger charge is -1.99. The topological polar surface area (TPSA) is 21.6 Å². The van der Waals surface area contributed by atoms with Gasteiger partial charge in [-0.3, -0.25) is 0 Å². The minimum absolute atomic E-state index is 0.582. The molecule has 10 heavy (non-hydrogen) atoms. The highest BCUT2D eigenvalue weighted by Gasteiger charge is 1.94. The molecule has 2 heteroatoms. The maximum atomic E-state index is 4.91. The SMILES string of the molecule is C=C(C)C(=N/C=C\C)OC. The van der Waals surface area contributed by atoms with Gasteiger partial charge in [0.25, 0.3) is 0 Å². The van der Waals surface area contributed by atoms with Gasteiger partial charge in [0.1, 0.15) is 0 Å². The number of nitrogens with zero attached hydrogens (tertiary/aromatic N) is 1. The standard InChI is InChI=1S/C8H13NO/c1-5-6-9-8(10-4)7(2)3/h5-6H,2H2,1,3-4H3/b6-5-,9-8?. The highest BCUT2D eigenvalue weighted by atomic mass is 16.5. The third-order valence-electron chi connectivity index (χ3n) is 0.899. The number of methoxy groups -OCH3 is 1. The number of hydrogen-bond donors (Lipinski definition) is 0. The first-order chi connectivity index (χ1) is 4.72. The molecule has 0 spiro atoms. The van der Waals surface area contributed by atoms with Crippen molar-refractivity contribution in [3.05, 3.63) is 24.4 Å². The third kappa shape index (κ3) is 3.07. The molecule has 0 aromatic rings. The Morgan fingerprint density at radius 1 is 1.60 bits per heavy atom. The lowest BCUT2D eigenvalue weighted by molar-refractivity contribution is 0.403. The summed E-state index contributed by atoms with van der Waals surface area (Å²) in [5, 5.41) is 0. The number of ether oxygens (including phenoxy) is 1. The maximum Gasteiger partial charge on any atom is 0.215 e. The van der Waals surface area contributed by atoms with Crippen LogP contribution in [0, 0.1) is 0 Å². The van der Waals surface area contributed by atoms with E-state index in [0.29, 0.717) is 5.90 Å². The fourth-order valence-electron chi connectivity index (χ4n) is 0.479. The van der Waals surface area contributed by atoms with Gasteiger partial charge in [-0.1, -0.05) is 12.7 Å². The minimum Gasteiger partial charge on any atom is -0.481 e. The Hall–Kier alpha value is -1.05. The van der Waals surface area contributed by atoms with Gasteiger partial charge in [0, 0.05) is 11.8 Å². The minimum atomic E-state index is 0.582. The lowest BCUT2D eigenvalue weighted by Crippen LogP contribution is -2.00. The highest BCUT2D eigenvalue weighted by molar-refractivity contribution is 5.92. The Bertz CT molecular complexity index is 168. The van der Waals surface area contributed by atoms with Gasteiger partial charge in [0.2, 0.25) is 5.90 Å². The van der Waals surface area contributed by atoms with Crippen LogP contribution in [0.2, 0.25) is 0 Å². The van der Waals surface area contributed by atoms with Gasteiger partial charge in [-0.05, 0) is 13.8 Å². The van der Waals surface area contributed by atoms with Crippen LogP contribution < -0.4 is 0 Å². The fraction of sp³-hybridized carbons (Fsp3) is 0.375. The molecule has 0 aliphatic heterocycles. The summed E-state index contributed by atoms with van der Waals surface area (Å²) in [5.74, 6) is 0.582. The van der Waals surface area contributed by atoms with Crippen molar-refractivity contribution >= 4 is 5.90 Å². The Morgan fingerprint density at radius 2 is 2.20 bits per heavy atom. The van der Waals surface area contributed by atoms with Gasteiger partial charge in [0.15, 0.2) is 0 Å². The Balaban J connectivity index is 4.18. The van der Waals surface area contributed by atoms with Crippen molar-refractivity contribution in [2.24, 2.45) is 4.99 Å². The molecule has 0 aliphatic rings. The quantitative estimate of drug-likeness (QED) is 0.424. The average Bonchev–Trinajstić information content (AvgIpc) is 1.89. The molecular weight excluding hydrogens is 126 g/mol. The van der Waals surface area contributed by atoms with Gasteiger partial charge in [-0.2, -0.15) is 0 Å². The predicted molar refractivity (Wildman–Crippen MR) is 44.1 cm³/mol. The molecule has 0 heterocycles. The van der Waals surface area contributed by atoms with E-state index in [1.54, 1.807) is 13.3 Å². The van der Waals surface area contributed by atoms with Gasteiger partial charge in [-0.25, -0.2) is 4.99 Å². The van der Waals surface area contributed by atoms with E-state index in [-0.39, 0.29) is 0 Å². The third-order valence-corrected chi connectivity index (χ3v) is 0.899. The predicted octanol–water partition coefficient (Wildman–Crippen LogP) is 2.14.